The number of nitrogens with two attached hydrogens (primary N) is 1. The van der Waals surface area contributed by atoms with E-state index in [1.807, 2.05) is 0 Å². The van der Waals surface area contributed by atoms with Crippen LogP contribution < -0.4 is 5.73 Å². The van der Waals surface area contributed by atoms with Crippen LogP contribution in [0.2, 0.25) is 0 Å². The summed E-state index contributed by atoms with van der Waals surface area (Å²) < 4.78 is 4.53. The zero-order valence-electron chi connectivity index (χ0n) is 7.09. The summed E-state index contributed by atoms with van der Waals surface area (Å²) in [6, 6.07) is 0.298. The van der Waals surface area contributed by atoms with Crippen molar-refractivity contribution >= 4 is 5.97 Å². The Morgan fingerprint density at radius 1 is 1.82 bits per heavy atom. The van der Waals surface area contributed by atoms with Gasteiger partial charge >= 0.3 is 5.97 Å². The van der Waals surface area contributed by atoms with Gasteiger partial charge in [0.05, 0.1) is 7.11 Å². The van der Waals surface area contributed by atoms with Crippen molar-refractivity contribution in [3.05, 3.63) is 0 Å². The van der Waals surface area contributed by atoms with Gasteiger partial charge in [-0.1, -0.05) is 6.92 Å². The quantitative estimate of drug-likeness (QED) is 0.613. The molecule has 11 heavy (non-hydrogen) atoms. The fourth-order valence-corrected chi connectivity index (χ4v) is 1.22. The van der Waals surface area contributed by atoms with E-state index in [-0.39, 0.29) is 11.4 Å². The molecule has 0 aromatic carbocycles. The lowest BCUT2D eigenvalue weighted by Gasteiger charge is -2.06. The minimum Gasteiger partial charge on any atom is -0.469 e. The molecule has 0 heterocycles. The van der Waals surface area contributed by atoms with Crippen molar-refractivity contribution in [2.75, 3.05) is 7.11 Å². The third-order valence-electron chi connectivity index (χ3n) is 2.55. The van der Waals surface area contributed by atoms with Gasteiger partial charge in [0.1, 0.15) is 0 Å². The SMILES string of the molecule is COC(=O)CC[C@@]1(C)C[C@@H]1N. The summed E-state index contributed by atoms with van der Waals surface area (Å²) in [6.07, 6.45) is 2.41. The van der Waals surface area contributed by atoms with Crippen molar-refractivity contribution in [3.63, 3.8) is 0 Å². The fourth-order valence-electron chi connectivity index (χ4n) is 1.22. The monoisotopic (exact) mass is 157 g/mol. The van der Waals surface area contributed by atoms with Crippen LogP contribution in [-0.2, 0) is 9.53 Å². The van der Waals surface area contributed by atoms with E-state index in [1.54, 1.807) is 0 Å². The molecule has 3 heteroatoms. The second-order valence-electron chi connectivity index (χ2n) is 3.54. The van der Waals surface area contributed by atoms with E-state index < -0.39 is 0 Å². The predicted octanol–water partition coefficient (Wildman–Crippen LogP) is 0.677. The van der Waals surface area contributed by atoms with Gasteiger partial charge in [-0.2, -0.15) is 0 Å². The summed E-state index contributed by atoms with van der Waals surface area (Å²) in [5.41, 5.74) is 5.89. The Balaban J connectivity index is 2.18. The smallest absolute Gasteiger partial charge is 0.305 e. The standard InChI is InChI=1S/C8H15NO2/c1-8(5-6(8)9)4-3-7(10)11-2/h6H,3-5,9H2,1-2H3/t6-,8-/m0/s1. The molecule has 1 fully saturated rings. The molecule has 0 aliphatic heterocycles. The molecule has 3 nitrogen and oxygen atoms in total. The van der Waals surface area contributed by atoms with E-state index in [9.17, 15) is 4.79 Å². The second kappa shape index (κ2) is 2.81. The van der Waals surface area contributed by atoms with Crippen LogP contribution in [-0.4, -0.2) is 19.1 Å². The second-order valence-corrected chi connectivity index (χ2v) is 3.54. The van der Waals surface area contributed by atoms with E-state index in [2.05, 4.69) is 11.7 Å². The Kier molecular flexibility index (Phi) is 2.18. The highest BCUT2D eigenvalue weighted by Gasteiger charge is 2.46. The van der Waals surface area contributed by atoms with Crippen molar-refractivity contribution in [2.24, 2.45) is 11.1 Å². The number of ether oxygens (including phenoxy) is 1. The maximum Gasteiger partial charge on any atom is 0.305 e. The molecule has 1 rings (SSSR count). The number of methoxy groups -OCH3 is 1. The van der Waals surface area contributed by atoms with Crippen LogP contribution in [0, 0.1) is 5.41 Å². The number of hydrogen-bond donors (Lipinski definition) is 1. The van der Waals surface area contributed by atoms with Crippen LogP contribution in [0.25, 0.3) is 0 Å². The van der Waals surface area contributed by atoms with Crippen LogP contribution in [0.1, 0.15) is 26.2 Å². The Labute approximate surface area is 66.9 Å². The highest BCUT2D eigenvalue weighted by Crippen LogP contribution is 2.47. The van der Waals surface area contributed by atoms with Crippen molar-refractivity contribution < 1.29 is 9.53 Å². The first-order valence-corrected chi connectivity index (χ1v) is 3.91. The fraction of sp³-hybridized carbons (Fsp3) is 0.875. The van der Waals surface area contributed by atoms with Gasteiger partial charge in [-0.15, -0.1) is 0 Å². The number of esters is 1. The highest BCUT2D eigenvalue weighted by atomic mass is 16.5. The molecule has 0 amide bonds. The summed E-state index contributed by atoms with van der Waals surface area (Å²) in [4.78, 5) is 10.7. The van der Waals surface area contributed by atoms with Crippen LogP contribution in [0.5, 0.6) is 0 Å². The summed E-state index contributed by atoms with van der Waals surface area (Å²) in [5.74, 6) is -0.134. The van der Waals surface area contributed by atoms with Crippen LogP contribution in [0.4, 0.5) is 0 Å². The topological polar surface area (TPSA) is 52.3 Å². The number of rotatable bonds is 3. The molecule has 0 spiro atoms. The molecule has 0 aromatic rings. The maximum atomic E-state index is 10.7. The molecule has 64 valence electrons. The van der Waals surface area contributed by atoms with Gasteiger partial charge in [-0.05, 0) is 18.3 Å². The molecule has 0 unspecified atom stereocenters. The van der Waals surface area contributed by atoms with Gasteiger partial charge in [0, 0.05) is 12.5 Å². The van der Waals surface area contributed by atoms with Crippen molar-refractivity contribution in [2.45, 2.75) is 32.2 Å². The van der Waals surface area contributed by atoms with E-state index in [1.165, 1.54) is 7.11 Å². The first kappa shape index (κ1) is 8.53. The van der Waals surface area contributed by atoms with Gasteiger partial charge in [-0.25, -0.2) is 0 Å². The minimum absolute atomic E-state index is 0.134. The lowest BCUT2D eigenvalue weighted by molar-refractivity contribution is -0.141. The summed E-state index contributed by atoms with van der Waals surface area (Å²) in [7, 11) is 1.41. The summed E-state index contributed by atoms with van der Waals surface area (Å²) >= 11 is 0. The number of hydrogen-bond acceptors (Lipinski definition) is 3. The van der Waals surface area contributed by atoms with Crippen molar-refractivity contribution in [1.82, 2.24) is 0 Å². The van der Waals surface area contributed by atoms with E-state index in [4.69, 9.17) is 5.73 Å². The molecule has 1 aliphatic rings. The Hall–Kier alpha value is -0.570. The van der Waals surface area contributed by atoms with E-state index in [0.717, 1.165) is 12.8 Å². The molecule has 0 saturated heterocycles. The average molecular weight is 157 g/mol. The van der Waals surface area contributed by atoms with Gasteiger partial charge in [0.15, 0.2) is 0 Å². The third kappa shape index (κ3) is 1.93. The molecule has 0 radical (unpaired) electrons. The lowest BCUT2D eigenvalue weighted by Crippen LogP contribution is -2.12. The number of carbonyl (C=O) groups excluding carboxylic acids is 1. The van der Waals surface area contributed by atoms with Crippen molar-refractivity contribution in [3.8, 4) is 0 Å². The summed E-state index contributed by atoms with van der Waals surface area (Å²) in [6.45, 7) is 2.11. The van der Waals surface area contributed by atoms with Gasteiger partial charge in [0.2, 0.25) is 0 Å². The van der Waals surface area contributed by atoms with Crippen LogP contribution >= 0.6 is 0 Å². The molecular weight excluding hydrogens is 142 g/mol. The molecular formula is C8H15NO2. The molecule has 0 bridgehead atoms. The number of carbonyl (C=O) groups is 1. The molecule has 2 atom stereocenters. The van der Waals surface area contributed by atoms with Crippen molar-refractivity contribution in [1.29, 1.82) is 0 Å². The minimum atomic E-state index is -0.134. The molecule has 1 aliphatic carbocycles. The zero-order chi connectivity index (χ0) is 8.48. The van der Waals surface area contributed by atoms with Gasteiger partial charge < -0.3 is 10.5 Å². The molecule has 0 aromatic heterocycles. The normalized spacial score (nSPS) is 35.0. The van der Waals surface area contributed by atoms with E-state index >= 15 is 0 Å². The van der Waals surface area contributed by atoms with Crippen LogP contribution in [0.3, 0.4) is 0 Å². The zero-order valence-corrected chi connectivity index (χ0v) is 7.09. The van der Waals surface area contributed by atoms with Gasteiger partial charge in [-0.3, -0.25) is 4.79 Å². The predicted molar refractivity (Wildman–Crippen MR) is 41.9 cm³/mol. The average Bonchev–Trinajstić information content (AvgIpc) is 2.56. The Morgan fingerprint density at radius 3 is 2.73 bits per heavy atom. The maximum absolute atomic E-state index is 10.7. The molecule has 2 N–H and O–H groups in total. The first-order chi connectivity index (χ1) is 5.08. The Morgan fingerprint density at radius 2 is 2.36 bits per heavy atom. The molecule has 1 saturated carbocycles. The first-order valence-electron chi connectivity index (χ1n) is 3.91. The largest absolute Gasteiger partial charge is 0.469 e. The lowest BCUT2D eigenvalue weighted by atomic mass is 10.0. The van der Waals surface area contributed by atoms with Crippen LogP contribution in [0.15, 0.2) is 0 Å². The van der Waals surface area contributed by atoms with E-state index in [0.29, 0.717) is 12.5 Å². The highest BCUT2D eigenvalue weighted by molar-refractivity contribution is 5.69. The Bertz CT molecular complexity index is 169. The third-order valence-corrected chi connectivity index (χ3v) is 2.55. The summed E-state index contributed by atoms with van der Waals surface area (Å²) in [5, 5.41) is 0. The van der Waals surface area contributed by atoms with Gasteiger partial charge in [0.25, 0.3) is 0 Å².